The number of hydrogen-bond donors (Lipinski definition) is 2. The summed E-state index contributed by atoms with van der Waals surface area (Å²) in [5, 5.41) is 14.4. The lowest BCUT2D eigenvalue weighted by atomic mass is 10.4. The maximum Gasteiger partial charge on any atom is 0.0697 e. The van der Waals surface area contributed by atoms with E-state index in [-0.39, 0.29) is 6.61 Å². The van der Waals surface area contributed by atoms with Gasteiger partial charge in [0.1, 0.15) is 0 Å². The first-order chi connectivity index (χ1) is 6.41. The molecule has 4 nitrogen and oxygen atoms in total. The largest absolute Gasteiger partial charge is 0.394 e. The Morgan fingerprint density at radius 3 is 2.69 bits per heavy atom. The lowest BCUT2D eigenvalue weighted by Crippen LogP contribution is -1.99. The Kier molecular flexibility index (Phi) is 10.4. The van der Waals surface area contributed by atoms with Crippen molar-refractivity contribution in [3.63, 3.8) is 0 Å². The SMILES string of the molecule is CCCCOCCO.c1cn[nH]c1. The highest BCUT2D eigenvalue weighted by Gasteiger charge is 1.82. The van der Waals surface area contributed by atoms with Crippen LogP contribution in [-0.2, 0) is 4.74 Å². The van der Waals surface area contributed by atoms with Crippen LogP contribution in [0.1, 0.15) is 19.8 Å². The number of ether oxygens (including phenoxy) is 1. The van der Waals surface area contributed by atoms with Crippen molar-refractivity contribution in [2.45, 2.75) is 19.8 Å². The lowest BCUT2D eigenvalue weighted by Gasteiger charge is -1.97. The molecule has 0 radical (unpaired) electrons. The summed E-state index contributed by atoms with van der Waals surface area (Å²) in [6, 6.07) is 1.83. The van der Waals surface area contributed by atoms with E-state index in [4.69, 9.17) is 9.84 Å². The number of nitrogens with zero attached hydrogens (tertiary/aromatic N) is 1. The molecule has 13 heavy (non-hydrogen) atoms. The molecule has 76 valence electrons. The number of hydrogen-bond acceptors (Lipinski definition) is 3. The van der Waals surface area contributed by atoms with Crippen molar-refractivity contribution in [3.05, 3.63) is 18.5 Å². The van der Waals surface area contributed by atoms with E-state index in [0.717, 1.165) is 19.4 Å². The third-order valence-electron chi connectivity index (χ3n) is 1.28. The summed E-state index contributed by atoms with van der Waals surface area (Å²) in [5.41, 5.74) is 0. The van der Waals surface area contributed by atoms with Crippen LogP contribution in [-0.4, -0.2) is 35.1 Å². The number of aliphatic hydroxyl groups is 1. The molecular formula is C9H18N2O2. The van der Waals surface area contributed by atoms with Crippen LogP contribution in [0.5, 0.6) is 0 Å². The molecule has 0 atom stereocenters. The standard InChI is InChI=1S/C6H14O2.C3H4N2/c1-2-3-5-8-6-4-7;1-2-4-5-3-1/h7H,2-6H2,1H3;1-3H,(H,4,5). The Balaban J connectivity index is 0.000000243. The number of rotatable bonds is 5. The van der Waals surface area contributed by atoms with Crippen LogP contribution < -0.4 is 0 Å². The van der Waals surface area contributed by atoms with Gasteiger partial charge >= 0.3 is 0 Å². The van der Waals surface area contributed by atoms with Crippen molar-refractivity contribution in [1.82, 2.24) is 10.2 Å². The summed E-state index contributed by atoms with van der Waals surface area (Å²) < 4.78 is 4.97. The van der Waals surface area contributed by atoms with Gasteiger partial charge in [-0.15, -0.1) is 0 Å². The van der Waals surface area contributed by atoms with Gasteiger partial charge in [0.05, 0.1) is 13.2 Å². The fourth-order valence-corrected chi connectivity index (χ4v) is 0.628. The van der Waals surface area contributed by atoms with Gasteiger partial charge in [0.25, 0.3) is 0 Å². The molecule has 0 bridgehead atoms. The molecule has 0 amide bonds. The molecule has 0 aromatic carbocycles. The minimum atomic E-state index is 0.143. The van der Waals surface area contributed by atoms with Crippen LogP contribution in [0.4, 0.5) is 0 Å². The molecule has 0 aliphatic rings. The molecule has 0 saturated carbocycles. The maximum absolute atomic E-state index is 8.24. The van der Waals surface area contributed by atoms with Gasteiger partial charge in [-0.25, -0.2) is 0 Å². The molecule has 2 N–H and O–H groups in total. The molecule has 0 fully saturated rings. The smallest absolute Gasteiger partial charge is 0.0697 e. The average molecular weight is 186 g/mol. The minimum absolute atomic E-state index is 0.143. The fourth-order valence-electron chi connectivity index (χ4n) is 0.628. The van der Waals surface area contributed by atoms with E-state index in [9.17, 15) is 0 Å². The third kappa shape index (κ3) is 11.1. The second-order valence-corrected chi connectivity index (χ2v) is 2.46. The molecule has 1 aromatic heterocycles. The Labute approximate surface area is 78.9 Å². The van der Waals surface area contributed by atoms with Crippen LogP contribution in [0.15, 0.2) is 18.5 Å². The topological polar surface area (TPSA) is 58.1 Å². The molecule has 1 rings (SSSR count). The van der Waals surface area contributed by atoms with Crippen LogP contribution in [0, 0.1) is 0 Å². The Morgan fingerprint density at radius 2 is 2.31 bits per heavy atom. The predicted octanol–water partition coefficient (Wildman–Crippen LogP) is 1.21. The van der Waals surface area contributed by atoms with Crippen molar-refractivity contribution in [2.75, 3.05) is 19.8 Å². The predicted molar refractivity (Wildman–Crippen MR) is 51.4 cm³/mol. The number of aromatic amines is 1. The Morgan fingerprint density at radius 1 is 1.46 bits per heavy atom. The van der Waals surface area contributed by atoms with Crippen molar-refractivity contribution in [1.29, 1.82) is 0 Å². The monoisotopic (exact) mass is 186 g/mol. The Hall–Kier alpha value is -0.870. The van der Waals surface area contributed by atoms with Gasteiger partial charge in [-0.3, -0.25) is 5.10 Å². The van der Waals surface area contributed by atoms with E-state index in [0.29, 0.717) is 6.61 Å². The molecule has 0 spiro atoms. The number of unbranched alkanes of at least 4 members (excludes halogenated alkanes) is 1. The van der Waals surface area contributed by atoms with E-state index in [1.807, 2.05) is 6.07 Å². The zero-order chi connectivity index (χ0) is 9.78. The van der Waals surface area contributed by atoms with Gasteiger partial charge in [0.2, 0.25) is 0 Å². The Bertz CT molecular complexity index is 131. The molecule has 0 saturated heterocycles. The van der Waals surface area contributed by atoms with Gasteiger partial charge in [0.15, 0.2) is 0 Å². The van der Waals surface area contributed by atoms with Gasteiger partial charge in [-0.05, 0) is 12.5 Å². The molecule has 4 heteroatoms. The molecule has 1 aromatic rings. The van der Waals surface area contributed by atoms with Crippen molar-refractivity contribution >= 4 is 0 Å². The lowest BCUT2D eigenvalue weighted by molar-refractivity contribution is 0.0904. The number of aliphatic hydroxyl groups excluding tert-OH is 1. The van der Waals surface area contributed by atoms with E-state index in [1.165, 1.54) is 0 Å². The van der Waals surface area contributed by atoms with Crippen LogP contribution >= 0.6 is 0 Å². The van der Waals surface area contributed by atoms with Gasteiger partial charge in [0, 0.05) is 19.0 Å². The molecule has 0 aliphatic heterocycles. The summed E-state index contributed by atoms with van der Waals surface area (Å²) in [4.78, 5) is 0. The first kappa shape index (κ1) is 12.1. The molecule has 0 aliphatic carbocycles. The molecular weight excluding hydrogens is 168 g/mol. The van der Waals surface area contributed by atoms with Crippen molar-refractivity contribution in [2.24, 2.45) is 0 Å². The highest BCUT2D eigenvalue weighted by Crippen LogP contribution is 1.85. The zero-order valence-electron chi connectivity index (χ0n) is 8.07. The summed E-state index contributed by atoms with van der Waals surface area (Å²) in [6.45, 7) is 3.53. The minimum Gasteiger partial charge on any atom is -0.394 e. The highest BCUT2D eigenvalue weighted by atomic mass is 16.5. The van der Waals surface area contributed by atoms with Crippen molar-refractivity contribution < 1.29 is 9.84 Å². The van der Waals surface area contributed by atoms with E-state index in [1.54, 1.807) is 12.4 Å². The summed E-state index contributed by atoms with van der Waals surface area (Å²) >= 11 is 0. The van der Waals surface area contributed by atoms with Gasteiger partial charge in [-0.2, -0.15) is 5.10 Å². The number of H-pyrrole nitrogens is 1. The van der Waals surface area contributed by atoms with E-state index >= 15 is 0 Å². The fraction of sp³-hybridized carbons (Fsp3) is 0.667. The van der Waals surface area contributed by atoms with Gasteiger partial charge in [-0.1, -0.05) is 13.3 Å². The summed E-state index contributed by atoms with van der Waals surface area (Å²) in [6.07, 6.45) is 5.71. The first-order valence-corrected chi connectivity index (χ1v) is 4.54. The van der Waals surface area contributed by atoms with Crippen LogP contribution in [0.3, 0.4) is 0 Å². The van der Waals surface area contributed by atoms with Crippen LogP contribution in [0.25, 0.3) is 0 Å². The zero-order valence-corrected chi connectivity index (χ0v) is 8.07. The number of aromatic nitrogens is 2. The quantitative estimate of drug-likeness (QED) is 0.679. The van der Waals surface area contributed by atoms with E-state index in [2.05, 4.69) is 17.1 Å². The maximum atomic E-state index is 8.24. The van der Waals surface area contributed by atoms with Crippen molar-refractivity contribution in [3.8, 4) is 0 Å². The summed E-state index contributed by atoms with van der Waals surface area (Å²) in [7, 11) is 0. The molecule has 1 heterocycles. The summed E-state index contributed by atoms with van der Waals surface area (Å²) in [5.74, 6) is 0. The van der Waals surface area contributed by atoms with Crippen LogP contribution in [0.2, 0.25) is 0 Å². The van der Waals surface area contributed by atoms with Gasteiger partial charge < -0.3 is 9.84 Å². The second-order valence-electron chi connectivity index (χ2n) is 2.46. The third-order valence-corrected chi connectivity index (χ3v) is 1.28. The first-order valence-electron chi connectivity index (χ1n) is 4.54. The second kappa shape index (κ2) is 11.1. The highest BCUT2D eigenvalue weighted by molar-refractivity contribution is 4.72. The normalized spacial score (nSPS) is 9.08. The van der Waals surface area contributed by atoms with E-state index < -0.39 is 0 Å². The average Bonchev–Trinajstić information content (AvgIpc) is 2.70. The molecule has 0 unspecified atom stereocenters. The number of nitrogens with one attached hydrogen (secondary N) is 1.